The first-order chi connectivity index (χ1) is 18.0. The number of nitrogens with zero attached hydrogens (tertiary/aromatic N) is 2. The molecule has 5 aromatic rings. The number of aromatic amines is 1. The summed E-state index contributed by atoms with van der Waals surface area (Å²) >= 11 is 0. The molecule has 0 radical (unpaired) electrons. The zero-order valence-corrected chi connectivity index (χ0v) is 19.4. The number of phenolic OH excluding ortho intramolecular Hbond substituents is 1. The first-order valence-corrected chi connectivity index (χ1v) is 11.4. The number of rotatable bonds is 6. The summed E-state index contributed by atoms with van der Waals surface area (Å²) < 4.78 is 0. The molecule has 1 unspecified atom stereocenters. The zero-order valence-electron chi connectivity index (χ0n) is 19.4. The highest BCUT2D eigenvalue weighted by Gasteiger charge is 2.27. The Morgan fingerprint density at radius 3 is 2.32 bits per heavy atom. The highest BCUT2D eigenvalue weighted by Crippen LogP contribution is 2.25. The van der Waals surface area contributed by atoms with E-state index in [0.717, 1.165) is 10.8 Å². The molecule has 5 rings (SSSR count). The summed E-state index contributed by atoms with van der Waals surface area (Å²) in [5, 5.41) is 25.9. The van der Waals surface area contributed by atoms with Gasteiger partial charge in [-0.1, -0.05) is 66.7 Å². The van der Waals surface area contributed by atoms with Gasteiger partial charge in [0.15, 0.2) is 6.04 Å². The normalized spacial score (nSPS) is 12.0. The highest BCUT2D eigenvalue weighted by molar-refractivity contribution is 6.03. The van der Waals surface area contributed by atoms with E-state index in [1.54, 1.807) is 66.7 Å². The summed E-state index contributed by atoms with van der Waals surface area (Å²) in [7, 11) is 0. The Bertz CT molecular complexity index is 1710. The van der Waals surface area contributed by atoms with Gasteiger partial charge in [0.25, 0.3) is 17.4 Å². The lowest BCUT2D eigenvalue weighted by Gasteiger charge is -2.18. The first-order valence-electron chi connectivity index (χ1n) is 11.4. The lowest BCUT2D eigenvalue weighted by Crippen LogP contribution is -2.40. The van der Waals surface area contributed by atoms with Crippen molar-refractivity contribution in [2.24, 2.45) is 5.10 Å². The Hall–Kier alpha value is -5.31. The van der Waals surface area contributed by atoms with Gasteiger partial charge in [-0.05, 0) is 35.0 Å². The van der Waals surface area contributed by atoms with Gasteiger partial charge in [-0.2, -0.15) is 10.2 Å². The molecule has 0 aliphatic carbocycles. The molecule has 0 aliphatic heterocycles. The average Bonchev–Trinajstić information content (AvgIpc) is 2.94. The van der Waals surface area contributed by atoms with Crippen LogP contribution in [0, 0.1) is 0 Å². The summed E-state index contributed by atoms with van der Waals surface area (Å²) in [6, 6.07) is 24.6. The lowest BCUT2D eigenvalue weighted by atomic mass is 10.0. The molecule has 0 bridgehead atoms. The molecule has 9 nitrogen and oxygen atoms in total. The minimum absolute atomic E-state index is 0.000996. The zero-order chi connectivity index (χ0) is 25.8. The largest absolute Gasteiger partial charge is 0.507 e. The second-order valence-corrected chi connectivity index (χ2v) is 8.21. The van der Waals surface area contributed by atoms with Crippen LogP contribution in [0.4, 0.5) is 0 Å². The molecule has 37 heavy (non-hydrogen) atoms. The van der Waals surface area contributed by atoms with Crippen molar-refractivity contribution in [3.63, 3.8) is 0 Å². The van der Waals surface area contributed by atoms with Crippen molar-refractivity contribution in [3.05, 3.63) is 118 Å². The van der Waals surface area contributed by atoms with Crippen molar-refractivity contribution in [1.82, 2.24) is 20.9 Å². The van der Waals surface area contributed by atoms with Gasteiger partial charge in [-0.15, -0.1) is 0 Å². The number of fused-ring (bicyclic) bond motifs is 2. The molecule has 1 atom stereocenters. The predicted molar refractivity (Wildman–Crippen MR) is 140 cm³/mol. The van der Waals surface area contributed by atoms with Gasteiger partial charge >= 0.3 is 0 Å². The molecule has 9 heteroatoms. The number of phenols is 1. The van der Waals surface area contributed by atoms with Gasteiger partial charge in [-0.3, -0.25) is 14.4 Å². The molecular formula is C28H21N5O4. The van der Waals surface area contributed by atoms with Crippen LogP contribution in [0.2, 0.25) is 0 Å². The third kappa shape index (κ3) is 4.78. The van der Waals surface area contributed by atoms with E-state index in [1.807, 2.05) is 24.3 Å². The standard InChI is InChI=1S/C28H21N5O4/c34-23-15-14-17-8-4-5-11-19(17)22(23)16-29-32-28(37)25(30-26(35)18-9-2-1-3-10-18)24-20-12-6-7-13-21(20)27(36)33-31-24/h1-16,25,34H,(H,30,35)(H,32,37)(H,33,36). The molecule has 0 saturated carbocycles. The summed E-state index contributed by atoms with van der Waals surface area (Å²) in [5.74, 6) is -1.20. The molecule has 1 aromatic heterocycles. The van der Waals surface area contributed by atoms with Crippen LogP contribution in [0.1, 0.15) is 27.7 Å². The number of aromatic nitrogens is 2. The number of aromatic hydroxyl groups is 1. The van der Waals surface area contributed by atoms with Crippen molar-refractivity contribution in [3.8, 4) is 5.75 Å². The second-order valence-electron chi connectivity index (χ2n) is 8.21. The third-order valence-electron chi connectivity index (χ3n) is 5.89. The fraction of sp³-hybridized carbons (Fsp3) is 0.0357. The summed E-state index contributed by atoms with van der Waals surface area (Å²) in [6.07, 6.45) is 1.34. The van der Waals surface area contributed by atoms with Gasteiger partial charge in [-0.25, -0.2) is 10.5 Å². The number of benzene rings is 4. The maximum atomic E-state index is 13.3. The number of nitrogens with one attached hydrogen (secondary N) is 3. The predicted octanol–water partition coefficient (Wildman–Crippen LogP) is 3.40. The number of hydrogen-bond acceptors (Lipinski definition) is 6. The van der Waals surface area contributed by atoms with Crippen molar-refractivity contribution >= 4 is 39.6 Å². The fourth-order valence-corrected chi connectivity index (χ4v) is 4.06. The Morgan fingerprint density at radius 2 is 1.54 bits per heavy atom. The molecule has 0 aliphatic rings. The number of H-pyrrole nitrogens is 1. The van der Waals surface area contributed by atoms with E-state index in [2.05, 4.69) is 26.0 Å². The molecule has 4 aromatic carbocycles. The van der Waals surface area contributed by atoms with Crippen LogP contribution in [-0.4, -0.2) is 33.3 Å². The number of carbonyl (C=O) groups is 2. The second kappa shape index (κ2) is 10.1. The monoisotopic (exact) mass is 491 g/mol. The minimum atomic E-state index is -1.28. The summed E-state index contributed by atoms with van der Waals surface area (Å²) in [6.45, 7) is 0. The number of carbonyl (C=O) groups excluding carboxylic acids is 2. The van der Waals surface area contributed by atoms with Gasteiger partial charge in [0.05, 0.1) is 11.6 Å². The van der Waals surface area contributed by atoms with E-state index in [9.17, 15) is 19.5 Å². The van der Waals surface area contributed by atoms with Crippen LogP contribution < -0.4 is 16.3 Å². The van der Waals surface area contributed by atoms with Crippen LogP contribution in [-0.2, 0) is 4.79 Å². The smallest absolute Gasteiger partial charge is 0.272 e. The average molecular weight is 492 g/mol. The van der Waals surface area contributed by atoms with Crippen molar-refractivity contribution in [1.29, 1.82) is 0 Å². The maximum Gasteiger partial charge on any atom is 0.272 e. The van der Waals surface area contributed by atoms with E-state index in [0.29, 0.717) is 21.9 Å². The molecule has 1 heterocycles. The number of hydrogen-bond donors (Lipinski definition) is 4. The Morgan fingerprint density at radius 1 is 0.865 bits per heavy atom. The molecule has 4 N–H and O–H groups in total. The SMILES string of the molecule is O=C(NC(C(=O)NN=Cc1c(O)ccc2ccccc12)c1n[nH]c(=O)c2ccccc12)c1ccccc1. The first kappa shape index (κ1) is 23.4. The third-order valence-corrected chi connectivity index (χ3v) is 5.89. The van der Waals surface area contributed by atoms with Gasteiger partial charge in [0.1, 0.15) is 11.4 Å². The molecule has 0 saturated heterocycles. The van der Waals surface area contributed by atoms with Crippen LogP contribution in [0.25, 0.3) is 21.5 Å². The molecule has 182 valence electrons. The number of hydrazone groups is 1. The van der Waals surface area contributed by atoms with E-state index < -0.39 is 23.4 Å². The van der Waals surface area contributed by atoms with Crippen molar-refractivity contribution in [2.75, 3.05) is 0 Å². The Labute approximate surface area is 210 Å². The van der Waals surface area contributed by atoms with Gasteiger partial charge in [0, 0.05) is 16.5 Å². The van der Waals surface area contributed by atoms with Gasteiger partial charge < -0.3 is 10.4 Å². The maximum absolute atomic E-state index is 13.3. The quantitative estimate of drug-likeness (QED) is 0.213. The number of amides is 2. The molecule has 0 spiro atoms. The van der Waals surface area contributed by atoms with Crippen LogP contribution in [0.15, 0.2) is 101 Å². The van der Waals surface area contributed by atoms with E-state index in [1.165, 1.54) is 6.21 Å². The molecule has 0 fully saturated rings. The van der Waals surface area contributed by atoms with Crippen LogP contribution >= 0.6 is 0 Å². The highest BCUT2D eigenvalue weighted by atomic mass is 16.3. The summed E-state index contributed by atoms with van der Waals surface area (Å²) in [4.78, 5) is 38.6. The van der Waals surface area contributed by atoms with Crippen molar-refractivity contribution in [2.45, 2.75) is 6.04 Å². The fourth-order valence-electron chi connectivity index (χ4n) is 4.06. The van der Waals surface area contributed by atoms with Crippen molar-refractivity contribution < 1.29 is 14.7 Å². The lowest BCUT2D eigenvalue weighted by molar-refractivity contribution is -0.123. The van der Waals surface area contributed by atoms with E-state index in [-0.39, 0.29) is 11.4 Å². The van der Waals surface area contributed by atoms with Crippen LogP contribution in [0.5, 0.6) is 5.75 Å². The topological polar surface area (TPSA) is 137 Å². The summed E-state index contributed by atoms with van der Waals surface area (Å²) in [5.41, 5.74) is 2.94. The Balaban J connectivity index is 1.49. The van der Waals surface area contributed by atoms with Gasteiger partial charge in [0.2, 0.25) is 0 Å². The molecule has 2 amide bonds. The molecular weight excluding hydrogens is 470 g/mol. The Kier molecular flexibility index (Phi) is 6.41. The van der Waals surface area contributed by atoms with E-state index >= 15 is 0 Å². The minimum Gasteiger partial charge on any atom is -0.507 e. The van der Waals surface area contributed by atoms with E-state index in [4.69, 9.17) is 0 Å². The van der Waals surface area contributed by atoms with Crippen LogP contribution in [0.3, 0.4) is 0 Å².